The van der Waals surface area contributed by atoms with E-state index in [2.05, 4.69) is 36.9 Å². The van der Waals surface area contributed by atoms with E-state index in [0.717, 1.165) is 22.9 Å². The number of carbonyl (C=O) groups excluding carboxylic acids is 4. The first-order chi connectivity index (χ1) is 18.7. The number of halogens is 1. The van der Waals surface area contributed by atoms with Gasteiger partial charge in [-0.3, -0.25) is 9.59 Å². The topological polar surface area (TPSA) is 139 Å². The average Bonchev–Trinajstić information content (AvgIpc) is 3.18. The van der Waals surface area contributed by atoms with Crippen LogP contribution in [0.1, 0.15) is 72.8 Å². The zero-order valence-corrected chi connectivity index (χ0v) is 26.1. The Bertz CT molecular complexity index is 1170. The summed E-state index contributed by atoms with van der Waals surface area (Å²) in [6.07, 6.45) is 1.68. The fraction of sp³-hybridized carbons (Fsp3) is 0.586. The highest BCUT2D eigenvalue weighted by atomic mass is 79.9. The van der Waals surface area contributed by atoms with Crippen LogP contribution in [0.2, 0.25) is 0 Å². The molecule has 4 N–H and O–H groups in total. The summed E-state index contributed by atoms with van der Waals surface area (Å²) in [5.41, 5.74) is 0.920. The zero-order valence-electron chi connectivity index (χ0n) is 24.5. The molecule has 0 aliphatic rings. The van der Waals surface area contributed by atoms with E-state index in [4.69, 9.17) is 9.47 Å². The molecule has 1 heterocycles. The van der Waals surface area contributed by atoms with Crippen LogP contribution < -0.4 is 16.0 Å². The second-order valence-electron chi connectivity index (χ2n) is 11.3. The number of amides is 3. The number of rotatable bonds is 13. The van der Waals surface area contributed by atoms with Crippen molar-refractivity contribution in [3.63, 3.8) is 0 Å². The van der Waals surface area contributed by atoms with Crippen LogP contribution in [-0.2, 0) is 30.3 Å². The Morgan fingerprint density at radius 1 is 0.975 bits per heavy atom. The lowest BCUT2D eigenvalue weighted by molar-refractivity contribution is -0.145. The SMILES string of the molecule is CCCC[C@@H](NC(=O)[C@@H](Cc1c(Br)[nH]c2ccccc12)NC(=O)[C@H](CC(C)C)NC(=O)OC(C)(C)C)C(=O)OC. The van der Waals surface area contributed by atoms with Gasteiger partial charge in [-0.05, 0) is 67.1 Å². The number of hydrogen-bond acceptors (Lipinski definition) is 6. The maximum atomic E-state index is 13.6. The number of methoxy groups -OCH3 is 1. The lowest BCUT2D eigenvalue weighted by atomic mass is 10.0. The fourth-order valence-electron chi connectivity index (χ4n) is 4.28. The molecule has 0 radical (unpaired) electrons. The van der Waals surface area contributed by atoms with E-state index >= 15 is 0 Å². The molecule has 0 saturated carbocycles. The van der Waals surface area contributed by atoms with Crippen LogP contribution in [0.25, 0.3) is 10.9 Å². The quantitative estimate of drug-likeness (QED) is 0.238. The Hall–Kier alpha value is -3.08. The van der Waals surface area contributed by atoms with Crippen molar-refractivity contribution in [1.29, 1.82) is 0 Å². The number of fused-ring (bicyclic) bond motifs is 1. The summed E-state index contributed by atoms with van der Waals surface area (Å²) in [4.78, 5) is 55.4. The number of ether oxygens (including phenoxy) is 2. The van der Waals surface area contributed by atoms with E-state index in [1.54, 1.807) is 20.8 Å². The summed E-state index contributed by atoms with van der Waals surface area (Å²) in [7, 11) is 1.27. The number of benzene rings is 1. The van der Waals surface area contributed by atoms with Gasteiger partial charge in [-0.1, -0.05) is 51.8 Å². The highest BCUT2D eigenvalue weighted by molar-refractivity contribution is 9.10. The first kappa shape index (κ1) is 33.1. The molecule has 2 aromatic rings. The molecule has 1 aromatic heterocycles. The number of nitrogens with one attached hydrogen (secondary N) is 4. The van der Waals surface area contributed by atoms with E-state index in [1.807, 2.05) is 45.0 Å². The van der Waals surface area contributed by atoms with Crippen LogP contribution in [-0.4, -0.2) is 59.7 Å². The maximum absolute atomic E-state index is 13.6. The van der Waals surface area contributed by atoms with Crippen molar-refractivity contribution in [3.05, 3.63) is 34.4 Å². The van der Waals surface area contributed by atoms with E-state index in [1.165, 1.54) is 7.11 Å². The summed E-state index contributed by atoms with van der Waals surface area (Å²) in [5, 5.41) is 9.15. The van der Waals surface area contributed by atoms with E-state index in [-0.39, 0.29) is 12.3 Å². The van der Waals surface area contributed by atoms with Crippen LogP contribution >= 0.6 is 15.9 Å². The van der Waals surface area contributed by atoms with Crippen LogP contribution in [0.3, 0.4) is 0 Å². The molecule has 3 amide bonds. The first-order valence-corrected chi connectivity index (χ1v) is 14.5. The van der Waals surface area contributed by atoms with E-state index in [9.17, 15) is 19.2 Å². The number of para-hydroxylation sites is 1. The minimum Gasteiger partial charge on any atom is -0.467 e. The number of esters is 1. The Labute approximate surface area is 244 Å². The number of alkyl carbamates (subject to hydrolysis) is 1. The third-order valence-electron chi connectivity index (χ3n) is 6.17. The van der Waals surface area contributed by atoms with Crippen molar-refractivity contribution >= 4 is 50.7 Å². The monoisotopic (exact) mass is 622 g/mol. The maximum Gasteiger partial charge on any atom is 0.408 e. The number of unbranched alkanes of at least 4 members (excludes halogenated alkanes) is 1. The largest absolute Gasteiger partial charge is 0.467 e. The number of carbonyl (C=O) groups is 4. The van der Waals surface area contributed by atoms with Gasteiger partial charge >= 0.3 is 12.1 Å². The summed E-state index contributed by atoms with van der Waals surface area (Å²) >= 11 is 3.55. The minimum atomic E-state index is -1.05. The van der Waals surface area contributed by atoms with E-state index in [0.29, 0.717) is 23.9 Å². The molecule has 2 rings (SSSR count). The van der Waals surface area contributed by atoms with Gasteiger partial charge in [0.2, 0.25) is 11.8 Å². The van der Waals surface area contributed by atoms with Crippen molar-refractivity contribution in [3.8, 4) is 0 Å². The number of aromatic nitrogens is 1. The molecule has 0 aliphatic carbocycles. The smallest absolute Gasteiger partial charge is 0.408 e. The Morgan fingerprint density at radius 3 is 2.20 bits per heavy atom. The van der Waals surface area contributed by atoms with Gasteiger partial charge in [-0.2, -0.15) is 0 Å². The van der Waals surface area contributed by atoms with Gasteiger partial charge in [0.15, 0.2) is 0 Å². The second-order valence-corrected chi connectivity index (χ2v) is 12.1. The Balaban J connectivity index is 2.38. The van der Waals surface area contributed by atoms with Crippen LogP contribution in [0.5, 0.6) is 0 Å². The van der Waals surface area contributed by atoms with Gasteiger partial charge in [-0.15, -0.1) is 0 Å². The third-order valence-corrected chi connectivity index (χ3v) is 6.84. The standard InChI is InChI=1S/C29H43BrN4O6/c1-8-9-13-21(27(37)39-7)32-26(36)23(16-19-18-12-10-11-14-20(18)31-24(19)30)33-25(35)22(15-17(2)3)34-28(38)40-29(4,5)6/h10-12,14,17,21-23,31H,8-9,13,15-16H2,1-7H3,(H,32,36)(H,33,35)(H,34,38)/t21-,22+,23-/m1/s1. The molecule has 1 aromatic carbocycles. The Kier molecular flexibility index (Phi) is 12.5. The van der Waals surface area contributed by atoms with Crippen molar-refractivity contribution in [2.24, 2.45) is 5.92 Å². The first-order valence-electron chi connectivity index (χ1n) is 13.7. The molecule has 3 atom stereocenters. The molecule has 0 unspecified atom stereocenters. The summed E-state index contributed by atoms with van der Waals surface area (Å²) in [6, 6.07) is 4.79. The highest BCUT2D eigenvalue weighted by Gasteiger charge is 2.32. The highest BCUT2D eigenvalue weighted by Crippen LogP contribution is 2.27. The van der Waals surface area contributed by atoms with Gasteiger partial charge < -0.3 is 30.4 Å². The number of H-pyrrole nitrogens is 1. The summed E-state index contributed by atoms with van der Waals surface area (Å²) < 4.78 is 10.9. The molecule has 10 nitrogen and oxygen atoms in total. The molecular weight excluding hydrogens is 580 g/mol. The normalized spacial score (nSPS) is 13.8. The third kappa shape index (κ3) is 10.1. The van der Waals surface area contributed by atoms with Gasteiger partial charge in [0, 0.05) is 17.3 Å². The zero-order chi connectivity index (χ0) is 30.0. The van der Waals surface area contributed by atoms with Crippen LogP contribution in [0.4, 0.5) is 4.79 Å². The van der Waals surface area contributed by atoms with Crippen molar-refractivity contribution < 1.29 is 28.7 Å². The van der Waals surface area contributed by atoms with Gasteiger partial charge in [0.1, 0.15) is 23.7 Å². The van der Waals surface area contributed by atoms with Gasteiger partial charge in [0.05, 0.1) is 11.7 Å². The van der Waals surface area contributed by atoms with Gasteiger partial charge in [-0.25, -0.2) is 9.59 Å². The molecule has 0 saturated heterocycles. The molecule has 11 heteroatoms. The van der Waals surface area contributed by atoms with Crippen molar-refractivity contribution in [2.45, 2.75) is 97.4 Å². The predicted octanol–water partition coefficient (Wildman–Crippen LogP) is 4.75. The molecule has 0 spiro atoms. The summed E-state index contributed by atoms with van der Waals surface area (Å²) in [6.45, 7) is 11.1. The lowest BCUT2D eigenvalue weighted by Gasteiger charge is -2.27. The number of aromatic amines is 1. The van der Waals surface area contributed by atoms with Crippen molar-refractivity contribution in [2.75, 3.05) is 7.11 Å². The van der Waals surface area contributed by atoms with Gasteiger partial charge in [0.25, 0.3) is 0 Å². The predicted molar refractivity (Wildman–Crippen MR) is 158 cm³/mol. The molecule has 222 valence electrons. The second kappa shape index (κ2) is 15.1. The van der Waals surface area contributed by atoms with Crippen LogP contribution in [0, 0.1) is 5.92 Å². The minimum absolute atomic E-state index is 0.0680. The molecule has 0 fully saturated rings. The Morgan fingerprint density at radius 2 is 1.60 bits per heavy atom. The molecule has 0 aliphatic heterocycles. The molecule has 0 bridgehead atoms. The lowest BCUT2D eigenvalue weighted by Crippen LogP contribution is -2.57. The fourth-order valence-corrected chi connectivity index (χ4v) is 4.87. The number of hydrogen-bond donors (Lipinski definition) is 4. The summed E-state index contributed by atoms with van der Waals surface area (Å²) in [5.74, 6) is -1.54. The van der Waals surface area contributed by atoms with Crippen molar-refractivity contribution in [1.82, 2.24) is 20.9 Å². The van der Waals surface area contributed by atoms with E-state index < -0.39 is 47.6 Å². The average molecular weight is 624 g/mol. The molecule has 40 heavy (non-hydrogen) atoms. The molecular formula is C29H43BrN4O6. The van der Waals surface area contributed by atoms with Crippen LogP contribution in [0.15, 0.2) is 28.9 Å².